The van der Waals surface area contributed by atoms with Gasteiger partial charge in [-0.2, -0.15) is 4.39 Å². The normalized spacial score (nSPS) is 16.0. The Morgan fingerprint density at radius 1 is 0.912 bits per heavy atom. The molecule has 0 N–H and O–H groups in total. The van der Waals surface area contributed by atoms with Gasteiger partial charge in [0.1, 0.15) is 6.04 Å². The molecular weight excluding hydrogens is 441 g/mol. The quantitative estimate of drug-likeness (QED) is 0.393. The van der Waals surface area contributed by atoms with Crippen LogP contribution in [-0.4, -0.2) is 43.0 Å². The smallest absolute Gasteiger partial charge is 0.212 e. The molecule has 1 aliphatic heterocycles. The van der Waals surface area contributed by atoms with Crippen LogP contribution in [0.3, 0.4) is 0 Å². The van der Waals surface area contributed by atoms with Crippen LogP contribution in [0.1, 0.15) is 47.2 Å². The van der Waals surface area contributed by atoms with Crippen LogP contribution in [0.2, 0.25) is 0 Å². The molecule has 5 rings (SSSR count). The Labute approximate surface area is 195 Å². The van der Waals surface area contributed by atoms with Gasteiger partial charge in [0, 0.05) is 25.1 Å². The summed E-state index contributed by atoms with van der Waals surface area (Å²) in [5.41, 5.74) is 3.33. The summed E-state index contributed by atoms with van der Waals surface area (Å²) in [4.78, 5) is 10.8. The van der Waals surface area contributed by atoms with Crippen molar-refractivity contribution in [2.75, 3.05) is 13.1 Å². The monoisotopic (exact) mass is 464 g/mol. The Morgan fingerprint density at radius 3 is 2.41 bits per heavy atom. The molecule has 1 aliphatic rings. The van der Waals surface area contributed by atoms with Crippen molar-refractivity contribution in [2.24, 2.45) is 0 Å². The minimum absolute atomic E-state index is 0.393. The average Bonchev–Trinajstić information content (AvgIpc) is 3.38. The van der Waals surface area contributed by atoms with E-state index in [0.717, 1.165) is 55.7 Å². The second-order valence-electron chi connectivity index (χ2n) is 8.52. The van der Waals surface area contributed by atoms with E-state index in [1.165, 1.54) is 18.3 Å². The fourth-order valence-electron chi connectivity index (χ4n) is 4.50. The highest BCUT2D eigenvalue weighted by molar-refractivity contribution is 5.30. The van der Waals surface area contributed by atoms with Gasteiger partial charge < -0.3 is 0 Å². The third-order valence-electron chi connectivity index (χ3n) is 6.31. The molecule has 3 aromatic heterocycles. The number of hydrogen-bond acceptors (Lipinski definition) is 5. The van der Waals surface area contributed by atoms with Gasteiger partial charge in [0.2, 0.25) is 5.95 Å². The summed E-state index contributed by atoms with van der Waals surface area (Å²) in [6.07, 6.45) is 8.63. The summed E-state index contributed by atoms with van der Waals surface area (Å²) in [6, 6.07) is 10.4. The van der Waals surface area contributed by atoms with Gasteiger partial charge in [-0.1, -0.05) is 23.4 Å². The molecule has 1 fully saturated rings. The molecule has 1 unspecified atom stereocenters. The predicted molar refractivity (Wildman–Crippen MR) is 119 cm³/mol. The number of pyridine rings is 2. The van der Waals surface area contributed by atoms with E-state index in [-0.39, 0.29) is 0 Å². The van der Waals surface area contributed by atoms with E-state index >= 15 is 0 Å². The molecule has 34 heavy (non-hydrogen) atoms. The van der Waals surface area contributed by atoms with Gasteiger partial charge in [0.25, 0.3) is 0 Å². The van der Waals surface area contributed by atoms with Crippen LogP contribution >= 0.6 is 0 Å². The molecule has 4 aromatic rings. The molecule has 174 valence electrons. The summed E-state index contributed by atoms with van der Waals surface area (Å²) in [5.74, 6) is -1.87. The number of halogens is 3. The predicted octanol–water partition coefficient (Wildman–Crippen LogP) is 4.50. The van der Waals surface area contributed by atoms with Crippen molar-refractivity contribution in [1.29, 1.82) is 0 Å². The van der Waals surface area contributed by atoms with Gasteiger partial charge in [-0.05, 0) is 72.8 Å². The summed E-state index contributed by atoms with van der Waals surface area (Å²) >= 11 is 0. The van der Waals surface area contributed by atoms with Crippen LogP contribution in [0, 0.1) is 17.6 Å². The second-order valence-corrected chi connectivity index (χ2v) is 8.52. The molecule has 0 saturated carbocycles. The number of rotatable bonds is 6. The van der Waals surface area contributed by atoms with E-state index in [9.17, 15) is 13.2 Å². The van der Waals surface area contributed by atoms with Crippen molar-refractivity contribution in [3.8, 4) is 0 Å². The lowest BCUT2D eigenvalue weighted by atomic mass is 9.90. The first-order valence-corrected chi connectivity index (χ1v) is 11.2. The molecule has 0 aliphatic carbocycles. The molecule has 9 heteroatoms. The summed E-state index contributed by atoms with van der Waals surface area (Å²) in [6.45, 7) is 2.63. The average molecular weight is 464 g/mol. The highest BCUT2D eigenvalue weighted by Gasteiger charge is 2.23. The third kappa shape index (κ3) is 4.84. The van der Waals surface area contributed by atoms with Gasteiger partial charge in [0.05, 0.1) is 11.9 Å². The largest absolute Gasteiger partial charge is 0.299 e. The Bertz CT molecular complexity index is 1220. The lowest BCUT2D eigenvalue weighted by molar-refractivity contribution is 0.204. The summed E-state index contributed by atoms with van der Waals surface area (Å²) in [5, 5.41) is 7.90. The van der Waals surface area contributed by atoms with Crippen LogP contribution in [-0.2, 0) is 6.54 Å². The Morgan fingerprint density at radius 2 is 1.76 bits per heavy atom. The standard InChI is InChI=1S/C25H23F3N6/c26-21-4-2-19(13-22(21)27)25(34-12-9-31-32-34)23-5-1-17(14-29-23)16-33-10-7-18(8-11-33)20-3-6-24(28)30-15-20/h1-6,9,12-15,18,25H,7-8,10-11,16H2. The minimum Gasteiger partial charge on any atom is -0.299 e. The number of likely N-dealkylation sites (tertiary alicyclic amines) is 1. The van der Waals surface area contributed by atoms with E-state index in [2.05, 4.69) is 25.2 Å². The first-order valence-electron chi connectivity index (χ1n) is 11.2. The number of piperidine rings is 1. The lowest BCUT2D eigenvalue weighted by Crippen LogP contribution is -2.32. The number of benzene rings is 1. The van der Waals surface area contributed by atoms with Crippen molar-refractivity contribution < 1.29 is 13.2 Å². The maximum atomic E-state index is 13.9. The van der Waals surface area contributed by atoms with Gasteiger partial charge in [-0.15, -0.1) is 5.10 Å². The maximum absolute atomic E-state index is 13.9. The zero-order valence-electron chi connectivity index (χ0n) is 18.4. The Hall–Kier alpha value is -3.59. The second kappa shape index (κ2) is 9.72. The molecule has 0 bridgehead atoms. The first-order chi connectivity index (χ1) is 16.6. The highest BCUT2D eigenvalue weighted by atomic mass is 19.2. The number of hydrogen-bond donors (Lipinski definition) is 0. The number of aromatic nitrogens is 5. The Balaban J connectivity index is 1.27. The number of nitrogens with zero attached hydrogens (tertiary/aromatic N) is 6. The van der Waals surface area contributed by atoms with Crippen molar-refractivity contribution in [2.45, 2.75) is 31.3 Å². The highest BCUT2D eigenvalue weighted by Crippen LogP contribution is 2.29. The van der Waals surface area contributed by atoms with Gasteiger partial charge in [-0.3, -0.25) is 9.88 Å². The summed E-state index contributed by atoms with van der Waals surface area (Å²) < 4.78 is 42.0. The fourth-order valence-corrected chi connectivity index (χ4v) is 4.50. The lowest BCUT2D eigenvalue weighted by Gasteiger charge is -2.32. The zero-order chi connectivity index (χ0) is 23.5. The fraction of sp³-hybridized carbons (Fsp3) is 0.280. The van der Waals surface area contributed by atoms with E-state index in [4.69, 9.17) is 0 Å². The van der Waals surface area contributed by atoms with E-state index in [1.807, 2.05) is 24.4 Å². The van der Waals surface area contributed by atoms with Gasteiger partial charge in [0.15, 0.2) is 11.6 Å². The SMILES string of the molecule is Fc1ccc(C2CCN(Cc3ccc(C(c4ccc(F)c(F)c4)n4ccnn4)nc3)CC2)cn1. The molecule has 4 heterocycles. The first kappa shape index (κ1) is 22.2. The van der Waals surface area contributed by atoms with Crippen LogP contribution in [0.5, 0.6) is 0 Å². The summed E-state index contributed by atoms with van der Waals surface area (Å²) in [7, 11) is 0. The van der Waals surface area contributed by atoms with Crippen LogP contribution in [0.4, 0.5) is 13.2 Å². The van der Waals surface area contributed by atoms with Gasteiger partial charge in [-0.25, -0.2) is 18.4 Å². The molecule has 6 nitrogen and oxygen atoms in total. The van der Waals surface area contributed by atoms with Crippen molar-refractivity contribution in [3.63, 3.8) is 0 Å². The molecule has 0 amide bonds. The Kier molecular flexibility index (Phi) is 6.35. The molecule has 1 atom stereocenters. The van der Waals surface area contributed by atoms with E-state index in [0.29, 0.717) is 17.2 Å². The van der Waals surface area contributed by atoms with Gasteiger partial charge >= 0.3 is 0 Å². The van der Waals surface area contributed by atoms with Crippen molar-refractivity contribution >= 4 is 0 Å². The van der Waals surface area contributed by atoms with Crippen molar-refractivity contribution in [3.05, 3.63) is 107 Å². The maximum Gasteiger partial charge on any atom is 0.212 e. The molecule has 1 saturated heterocycles. The molecule has 0 radical (unpaired) electrons. The molecule has 0 spiro atoms. The third-order valence-corrected chi connectivity index (χ3v) is 6.31. The topological polar surface area (TPSA) is 59.7 Å². The van der Waals surface area contributed by atoms with Crippen LogP contribution < -0.4 is 0 Å². The zero-order valence-corrected chi connectivity index (χ0v) is 18.4. The van der Waals surface area contributed by atoms with E-state index in [1.54, 1.807) is 17.1 Å². The van der Waals surface area contributed by atoms with Crippen molar-refractivity contribution in [1.82, 2.24) is 29.9 Å². The minimum atomic E-state index is -0.918. The van der Waals surface area contributed by atoms with Crippen LogP contribution in [0.15, 0.2) is 67.3 Å². The van der Waals surface area contributed by atoms with E-state index < -0.39 is 23.6 Å². The molecular formula is C25H23F3N6. The van der Waals surface area contributed by atoms with Crippen LogP contribution in [0.25, 0.3) is 0 Å². The molecule has 1 aromatic carbocycles.